The maximum atomic E-state index is 12.1. The van der Waals surface area contributed by atoms with Crippen LogP contribution in [0.4, 0.5) is 0 Å². The predicted octanol–water partition coefficient (Wildman–Crippen LogP) is 1.40. The molecule has 1 aliphatic heterocycles. The number of ketones is 1. The van der Waals surface area contributed by atoms with Gasteiger partial charge in [-0.05, 0) is 12.1 Å². The molecule has 2 aromatic rings. The summed E-state index contributed by atoms with van der Waals surface area (Å²) >= 11 is 1.59. The Morgan fingerprint density at radius 1 is 1.50 bits per heavy atom. The van der Waals surface area contributed by atoms with Crippen LogP contribution in [0.2, 0.25) is 0 Å². The van der Waals surface area contributed by atoms with Crippen molar-refractivity contribution in [1.29, 1.82) is 0 Å². The minimum absolute atomic E-state index is 0.161. The fraction of sp³-hybridized carbons (Fsp3) is 0.385. The van der Waals surface area contributed by atoms with Gasteiger partial charge in [-0.25, -0.2) is 4.98 Å². The molecule has 1 aromatic carbocycles. The van der Waals surface area contributed by atoms with Gasteiger partial charge in [-0.15, -0.1) is 11.3 Å². The number of hydrogen-bond acceptors (Lipinski definition) is 5. The molecule has 0 aliphatic carbocycles. The summed E-state index contributed by atoms with van der Waals surface area (Å²) in [5.74, 6) is 0.161. The second-order valence-corrected chi connectivity index (χ2v) is 5.42. The molecule has 0 saturated carbocycles. The molecule has 94 valence electrons. The van der Waals surface area contributed by atoms with Gasteiger partial charge < -0.3 is 10.1 Å². The van der Waals surface area contributed by atoms with Crippen molar-refractivity contribution in [2.24, 2.45) is 0 Å². The van der Waals surface area contributed by atoms with Crippen molar-refractivity contribution < 1.29 is 9.53 Å². The summed E-state index contributed by atoms with van der Waals surface area (Å²) in [4.78, 5) is 16.5. The Morgan fingerprint density at radius 3 is 3.17 bits per heavy atom. The van der Waals surface area contributed by atoms with Crippen LogP contribution in [0.3, 0.4) is 0 Å². The smallest absolute Gasteiger partial charge is 0.158 e. The lowest BCUT2D eigenvalue weighted by Crippen LogP contribution is -2.47. The molecule has 0 amide bonds. The van der Waals surface area contributed by atoms with Crippen molar-refractivity contribution in [1.82, 2.24) is 10.3 Å². The molecular formula is C13H14N2O2S. The number of benzene rings is 1. The Kier molecular flexibility index (Phi) is 3.36. The molecule has 1 unspecified atom stereocenters. The number of rotatable bonds is 3. The minimum atomic E-state index is -0.175. The SMILES string of the molecule is O=C(Cc1nc2ccccc2s1)C1COCCN1. The molecule has 1 saturated heterocycles. The molecule has 1 aliphatic rings. The van der Waals surface area contributed by atoms with Crippen LogP contribution in [0.15, 0.2) is 24.3 Å². The standard InChI is InChI=1S/C13H14N2O2S/c16-11(10-8-17-6-5-14-10)7-13-15-9-3-1-2-4-12(9)18-13/h1-4,10,14H,5-8H2. The summed E-state index contributed by atoms with van der Waals surface area (Å²) in [6.45, 7) is 1.91. The first-order valence-corrected chi connectivity index (χ1v) is 6.83. The third-order valence-corrected chi connectivity index (χ3v) is 4.01. The van der Waals surface area contributed by atoms with Gasteiger partial charge in [0.15, 0.2) is 5.78 Å². The minimum Gasteiger partial charge on any atom is -0.378 e. The Bertz CT molecular complexity index is 528. The third-order valence-electron chi connectivity index (χ3n) is 2.97. The van der Waals surface area contributed by atoms with E-state index in [4.69, 9.17) is 4.74 Å². The second-order valence-electron chi connectivity index (χ2n) is 4.30. The number of aromatic nitrogens is 1. The highest BCUT2D eigenvalue weighted by molar-refractivity contribution is 7.18. The maximum absolute atomic E-state index is 12.1. The third kappa shape index (κ3) is 2.43. The van der Waals surface area contributed by atoms with Crippen molar-refractivity contribution in [3.05, 3.63) is 29.3 Å². The van der Waals surface area contributed by atoms with Crippen LogP contribution >= 0.6 is 11.3 Å². The number of thiazole rings is 1. The fourth-order valence-corrected chi connectivity index (χ4v) is 3.02. The molecule has 0 radical (unpaired) electrons. The van der Waals surface area contributed by atoms with E-state index in [0.29, 0.717) is 19.6 Å². The van der Waals surface area contributed by atoms with Crippen molar-refractivity contribution in [3.63, 3.8) is 0 Å². The molecule has 0 bridgehead atoms. The van der Waals surface area contributed by atoms with Crippen molar-refractivity contribution in [2.45, 2.75) is 12.5 Å². The van der Waals surface area contributed by atoms with Gasteiger partial charge in [-0.1, -0.05) is 12.1 Å². The van der Waals surface area contributed by atoms with E-state index < -0.39 is 0 Å². The summed E-state index contributed by atoms with van der Waals surface area (Å²) < 4.78 is 6.43. The molecule has 4 nitrogen and oxygen atoms in total. The summed E-state index contributed by atoms with van der Waals surface area (Å²) in [7, 11) is 0. The van der Waals surface area contributed by atoms with E-state index in [-0.39, 0.29) is 11.8 Å². The van der Waals surface area contributed by atoms with Gasteiger partial charge in [-0.3, -0.25) is 4.79 Å². The highest BCUT2D eigenvalue weighted by Gasteiger charge is 2.22. The first-order valence-electron chi connectivity index (χ1n) is 6.01. The zero-order valence-electron chi connectivity index (χ0n) is 9.89. The Morgan fingerprint density at radius 2 is 2.39 bits per heavy atom. The Hall–Kier alpha value is -1.30. The molecule has 2 heterocycles. The van der Waals surface area contributed by atoms with E-state index in [0.717, 1.165) is 21.8 Å². The number of carbonyl (C=O) groups is 1. The van der Waals surface area contributed by atoms with Gasteiger partial charge in [0.05, 0.1) is 35.9 Å². The highest BCUT2D eigenvalue weighted by atomic mass is 32.1. The highest BCUT2D eigenvalue weighted by Crippen LogP contribution is 2.22. The normalized spacial score (nSPS) is 20.1. The molecule has 1 N–H and O–H groups in total. The lowest BCUT2D eigenvalue weighted by Gasteiger charge is -2.22. The number of Topliss-reactive ketones (excluding diaryl/α,β-unsaturated/α-hetero) is 1. The zero-order valence-corrected chi connectivity index (χ0v) is 10.7. The van der Waals surface area contributed by atoms with Gasteiger partial charge in [0.1, 0.15) is 5.01 Å². The molecule has 0 spiro atoms. The van der Waals surface area contributed by atoms with E-state index in [1.807, 2.05) is 24.3 Å². The zero-order chi connectivity index (χ0) is 12.4. The van der Waals surface area contributed by atoms with Crippen LogP contribution in [0.25, 0.3) is 10.2 Å². The Labute approximate surface area is 109 Å². The fourth-order valence-electron chi connectivity index (χ4n) is 2.04. The first kappa shape index (κ1) is 11.8. The number of fused-ring (bicyclic) bond motifs is 1. The van der Waals surface area contributed by atoms with E-state index in [9.17, 15) is 4.79 Å². The van der Waals surface area contributed by atoms with Gasteiger partial charge >= 0.3 is 0 Å². The summed E-state index contributed by atoms with van der Waals surface area (Å²) in [6, 6.07) is 7.78. The van der Waals surface area contributed by atoms with Crippen molar-refractivity contribution in [2.75, 3.05) is 19.8 Å². The molecule has 1 fully saturated rings. The first-order chi connectivity index (χ1) is 8.83. The topological polar surface area (TPSA) is 51.2 Å². The average molecular weight is 262 g/mol. The summed E-state index contributed by atoms with van der Waals surface area (Å²) in [5.41, 5.74) is 0.971. The van der Waals surface area contributed by atoms with E-state index in [1.54, 1.807) is 11.3 Å². The number of para-hydroxylation sites is 1. The average Bonchev–Trinajstić information content (AvgIpc) is 2.82. The lowest BCUT2D eigenvalue weighted by molar-refractivity contribution is -0.123. The van der Waals surface area contributed by atoms with Gasteiger partial charge in [0.25, 0.3) is 0 Å². The molecule has 3 rings (SSSR count). The largest absolute Gasteiger partial charge is 0.378 e. The van der Waals surface area contributed by atoms with Crippen LogP contribution in [-0.4, -0.2) is 36.6 Å². The number of nitrogens with one attached hydrogen (secondary N) is 1. The summed E-state index contributed by atoms with van der Waals surface area (Å²) in [5, 5.41) is 4.06. The van der Waals surface area contributed by atoms with Crippen molar-refractivity contribution in [3.8, 4) is 0 Å². The predicted molar refractivity (Wildman–Crippen MR) is 70.9 cm³/mol. The van der Waals surface area contributed by atoms with Gasteiger partial charge in [0, 0.05) is 6.54 Å². The monoisotopic (exact) mass is 262 g/mol. The van der Waals surface area contributed by atoms with Gasteiger partial charge in [0.2, 0.25) is 0 Å². The number of carbonyl (C=O) groups excluding carboxylic acids is 1. The van der Waals surface area contributed by atoms with Crippen LogP contribution in [-0.2, 0) is 16.0 Å². The maximum Gasteiger partial charge on any atom is 0.158 e. The number of hydrogen-bond donors (Lipinski definition) is 1. The van der Waals surface area contributed by atoms with Crippen LogP contribution < -0.4 is 5.32 Å². The quantitative estimate of drug-likeness (QED) is 0.908. The second kappa shape index (κ2) is 5.14. The van der Waals surface area contributed by atoms with E-state index >= 15 is 0 Å². The van der Waals surface area contributed by atoms with E-state index in [1.165, 1.54) is 0 Å². The number of nitrogens with zero attached hydrogens (tertiary/aromatic N) is 1. The van der Waals surface area contributed by atoms with E-state index in [2.05, 4.69) is 10.3 Å². The Balaban J connectivity index is 1.73. The van der Waals surface area contributed by atoms with Crippen LogP contribution in [0.1, 0.15) is 5.01 Å². The number of morpholine rings is 1. The van der Waals surface area contributed by atoms with Crippen LogP contribution in [0, 0.1) is 0 Å². The number of ether oxygens (including phenoxy) is 1. The molecule has 1 aromatic heterocycles. The van der Waals surface area contributed by atoms with Crippen molar-refractivity contribution >= 4 is 27.3 Å². The molecule has 1 atom stereocenters. The molecule has 18 heavy (non-hydrogen) atoms. The summed E-state index contributed by atoms with van der Waals surface area (Å²) in [6.07, 6.45) is 0.389. The molecule has 5 heteroatoms. The lowest BCUT2D eigenvalue weighted by atomic mass is 10.1. The van der Waals surface area contributed by atoms with Gasteiger partial charge in [-0.2, -0.15) is 0 Å². The molecular weight excluding hydrogens is 248 g/mol. The van der Waals surface area contributed by atoms with Crippen LogP contribution in [0.5, 0.6) is 0 Å².